The highest BCUT2D eigenvalue weighted by atomic mass is 32.1. The van der Waals surface area contributed by atoms with Gasteiger partial charge in [-0.25, -0.2) is 4.79 Å². The molecule has 2 N–H and O–H groups in total. The summed E-state index contributed by atoms with van der Waals surface area (Å²) in [6.45, 7) is 1.75. The summed E-state index contributed by atoms with van der Waals surface area (Å²) in [6, 6.07) is 1.62. The largest absolute Gasteiger partial charge is 0.477 e. The standard InChI is InChI=1S/C13H12N2O4S/c1-6-5-20-11(13(17)18)10(6)14-12(16)8-4-9(19-15-8)7-2-3-7/h4-5,7H,2-3H2,1H3,(H,14,16)(H,17,18). The highest BCUT2D eigenvalue weighted by molar-refractivity contribution is 7.12. The Morgan fingerprint density at radius 1 is 1.50 bits per heavy atom. The monoisotopic (exact) mass is 292 g/mol. The lowest BCUT2D eigenvalue weighted by Gasteiger charge is -2.03. The van der Waals surface area contributed by atoms with E-state index in [1.165, 1.54) is 0 Å². The molecule has 7 heteroatoms. The number of aromatic nitrogens is 1. The Kier molecular flexibility index (Phi) is 3.06. The Morgan fingerprint density at radius 2 is 2.25 bits per heavy atom. The number of carboxylic acids is 1. The summed E-state index contributed by atoms with van der Waals surface area (Å²) in [7, 11) is 0. The smallest absolute Gasteiger partial charge is 0.348 e. The fourth-order valence-electron chi connectivity index (χ4n) is 1.89. The van der Waals surface area contributed by atoms with Crippen LogP contribution in [-0.4, -0.2) is 22.1 Å². The number of carbonyl (C=O) groups excluding carboxylic acids is 1. The number of aryl methyl sites for hydroxylation is 1. The molecule has 0 atom stereocenters. The van der Waals surface area contributed by atoms with Gasteiger partial charge in [0.25, 0.3) is 5.91 Å². The van der Waals surface area contributed by atoms with E-state index in [2.05, 4.69) is 10.5 Å². The molecule has 0 aromatic carbocycles. The van der Waals surface area contributed by atoms with E-state index >= 15 is 0 Å². The van der Waals surface area contributed by atoms with Crippen molar-refractivity contribution in [1.29, 1.82) is 0 Å². The third-order valence-corrected chi connectivity index (χ3v) is 4.23. The highest BCUT2D eigenvalue weighted by Gasteiger charge is 2.29. The number of amides is 1. The van der Waals surface area contributed by atoms with Crippen LogP contribution in [-0.2, 0) is 0 Å². The van der Waals surface area contributed by atoms with E-state index in [1.54, 1.807) is 18.4 Å². The predicted octanol–water partition coefficient (Wildman–Crippen LogP) is 2.87. The maximum atomic E-state index is 12.1. The SMILES string of the molecule is Cc1csc(C(=O)O)c1NC(=O)c1cc(C2CC2)on1. The molecule has 1 aliphatic carbocycles. The summed E-state index contributed by atoms with van der Waals surface area (Å²) in [5.74, 6) is -0.418. The van der Waals surface area contributed by atoms with Crippen LogP contribution in [0.1, 0.15) is 50.2 Å². The minimum Gasteiger partial charge on any atom is -0.477 e. The third kappa shape index (κ3) is 2.32. The van der Waals surface area contributed by atoms with Crippen LogP contribution in [0.2, 0.25) is 0 Å². The number of carboxylic acid groups (broad SMARTS) is 1. The quantitative estimate of drug-likeness (QED) is 0.903. The van der Waals surface area contributed by atoms with Crippen LogP contribution in [0.4, 0.5) is 5.69 Å². The number of nitrogens with zero attached hydrogens (tertiary/aromatic N) is 1. The fraction of sp³-hybridized carbons (Fsp3) is 0.308. The van der Waals surface area contributed by atoms with Crippen molar-refractivity contribution in [3.63, 3.8) is 0 Å². The molecule has 2 aromatic rings. The number of carbonyl (C=O) groups is 2. The average molecular weight is 292 g/mol. The Bertz CT molecular complexity index is 684. The van der Waals surface area contributed by atoms with Gasteiger partial charge >= 0.3 is 5.97 Å². The molecule has 1 amide bonds. The molecule has 0 aliphatic heterocycles. The first-order chi connectivity index (χ1) is 9.56. The van der Waals surface area contributed by atoms with Gasteiger partial charge < -0.3 is 14.9 Å². The second kappa shape index (κ2) is 4.75. The molecule has 0 spiro atoms. The van der Waals surface area contributed by atoms with Gasteiger partial charge in [-0.1, -0.05) is 5.16 Å². The lowest BCUT2D eigenvalue weighted by atomic mass is 10.2. The van der Waals surface area contributed by atoms with Gasteiger partial charge in [-0.3, -0.25) is 4.79 Å². The molecule has 20 heavy (non-hydrogen) atoms. The molecular weight excluding hydrogens is 280 g/mol. The van der Waals surface area contributed by atoms with Crippen molar-refractivity contribution in [2.24, 2.45) is 0 Å². The van der Waals surface area contributed by atoms with Crippen molar-refractivity contribution in [2.75, 3.05) is 5.32 Å². The van der Waals surface area contributed by atoms with Crippen LogP contribution in [0.5, 0.6) is 0 Å². The predicted molar refractivity (Wildman–Crippen MR) is 72.4 cm³/mol. The second-order valence-corrected chi connectivity index (χ2v) is 5.65. The first-order valence-electron chi connectivity index (χ1n) is 6.15. The summed E-state index contributed by atoms with van der Waals surface area (Å²) in [6.07, 6.45) is 2.12. The summed E-state index contributed by atoms with van der Waals surface area (Å²) in [5.41, 5.74) is 1.21. The maximum Gasteiger partial charge on any atom is 0.348 e. The zero-order valence-corrected chi connectivity index (χ0v) is 11.5. The van der Waals surface area contributed by atoms with E-state index in [4.69, 9.17) is 9.63 Å². The zero-order chi connectivity index (χ0) is 14.3. The van der Waals surface area contributed by atoms with Gasteiger partial charge in [-0.2, -0.15) is 0 Å². The molecule has 3 rings (SSSR count). The fourth-order valence-corrected chi connectivity index (χ4v) is 2.73. The Labute approximate surface area is 118 Å². The minimum atomic E-state index is -1.06. The molecule has 2 heterocycles. The molecule has 104 valence electrons. The first kappa shape index (κ1) is 12.9. The first-order valence-corrected chi connectivity index (χ1v) is 7.03. The van der Waals surface area contributed by atoms with Crippen molar-refractivity contribution in [1.82, 2.24) is 5.16 Å². The number of rotatable bonds is 4. The zero-order valence-electron chi connectivity index (χ0n) is 10.7. The van der Waals surface area contributed by atoms with E-state index in [9.17, 15) is 9.59 Å². The lowest BCUT2D eigenvalue weighted by molar-refractivity contribution is 0.0703. The molecule has 0 unspecified atom stereocenters. The van der Waals surface area contributed by atoms with Gasteiger partial charge in [0.15, 0.2) is 5.69 Å². The van der Waals surface area contributed by atoms with Crippen LogP contribution in [0, 0.1) is 6.92 Å². The summed E-state index contributed by atoms with van der Waals surface area (Å²) in [4.78, 5) is 23.3. The van der Waals surface area contributed by atoms with Gasteiger partial charge in [0.1, 0.15) is 10.6 Å². The normalized spacial score (nSPS) is 14.2. The van der Waals surface area contributed by atoms with Gasteiger partial charge in [0.2, 0.25) is 0 Å². The number of thiophene rings is 1. The summed E-state index contributed by atoms with van der Waals surface area (Å²) < 4.78 is 5.11. The second-order valence-electron chi connectivity index (χ2n) is 4.77. The van der Waals surface area contributed by atoms with Crippen LogP contribution < -0.4 is 5.32 Å². The Morgan fingerprint density at radius 3 is 2.90 bits per heavy atom. The topological polar surface area (TPSA) is 92.4 Å². The number of aromatic carboxylic acids is 1. The molecule has 1 saturated carbocycles. The number of anilines is 1. The Hall–Kier alpha value is -2.15. The van der Waals surface area contributed by atoms with Crippen molar-refractivity contribution in [2.45, 2.75) is 25.7 Å². The number of hydrogen-bond acceptors (Lipinski definition) is 5. The van der Waals surface area contributed by atoms with E-state index in [0.29, 0.717) is 17.2 Å². The van der Waals surface area contributed by atoms with E-state index in [0.717, 1.165) is 29.9 Å². The molecule has 0 radical (unpaired) electrons. The van der Waals surface area contributed by atoms with Crippen molar-refractivity contribution < 1.29 is 19.2 Å². The van der Waals surface area contributed by atoms with Crippen LogP contribution in [0.3, 0.4) is 0 Å². The summed E-state index contributed by atoms with van der Waals surface area (Å²) >= 11 is 1.08. The molecule has 1 fully saturated rings. The maximum absolute atomic E-state index is 12.1. The molecule has 1 aliphatic rings. The third-order valence-electron chi connectivity index (χ3n) is 3.15. The van der Waals surface area contributed by atoms with Crippen molar-refractivity contribution in [3.05, 3.63) is 33.3 Å². The lowest BCUT2D eigenvalue weighted by Crippen LogP contribution is -2.14. The van der Waals surface area contributed by atoms with E-state index < -0.39 is 11.9 Å². The molecule has 2 aromatic heterocycles. The van der Waals surface area contributed by atoms with Crippen LogP contribution in [0.15, 0.2) is 16.0 Å². The van der Waals surface area contributed by atoms with Gasteiger partial charge in [-0.05, 0) is 30.7 Å². The Balaban J connectivity index is 1.81. The van der Waals surface area contributed by atoms with E-state index in [-0.39, 0.29) is 10.6 Å². The van der Waals surface area contributed by atoms with Crippen LogP contribution >= 0.6 is 11.3 Å². The van der Waals surface area contributed by atoms with Crippen LogP contribution in [0.25, 0.3) is 0 Å². The highest BCUT2D eigenvalue weighted by Crippen LogP contribution is 2.40. The number of nitrogens with one attached hydrogen (secondary N) is 1. The summed E-state index contributed by atoms with van der Waals surface area (Å²) in [5, 5.41) is 17.1. The molecule has 6 nitrogen and oxygen atoms in total. The van der Waals surface area contributed by atoms with Gasteiger partial charge in [0.05, 0.1) is 5.69 Å². The van der Waals surface area contributed by atoms with Gasteiger partial charge in [0, 0.05) is 12.0 Å². The molecule has 0 saturated heterocycles. The van der Waals surface area contributed by atoms with E-state index in [1.807, 2.05) is 0 Å². The average Bonchev–Trinajstić information content (AvgIpc) is 3.02. The molecule has 0 bridgehead atoms. The van der Waals surface area contributed by atoms with Gasteiger partial charge in [-0.15, -0.1) is 11.3 Å². The van der Waals surface area contributed by atoms with Crippen molar-refractivity contribution in [3.8, 4) is 0 Å². The minimum absolute atomic E-state index is 0.113. The molecular formula is C13H12N2O4S. The van der Waals surface area contributed by atoms with Crippen molar-refractivity contribution >= 4 is 28.9 Å². The number of hydrogen-bond donors (Lipinski definition) is 2.